The molecule has 2 N–H and O–H groups in total. The first kappa shape index (κ1) is 16.5. The first-order chi connectivity index (χ1) is 11.2. The van der Waals surface area contributed by atoms with Gasteiger partial charge in [-0.2, -0.15) is 0 Å². The third kappa shape index (κ3) is 4.56. The normalized spacial score (nSPS) is 16.9. The summed E-state index contributed by atoms with van der Waals surface area (Å²) in [5, 5.41) is 9.30. The van der Waals surface area contributed by atoms with Crippen LogP contribution in [0.5, 0.6) is 0 Å². The fraction of sp³-hybridized carbons (Fsp3) is 0.389. The number of halogens is 1. The highest BCUT2D eigenvalue weighted by Crippen LogP contribution is 2.27. The zero-order chi connectivity index (χ0) is 16.1. The van der Waals surface area contributed by atoms with Crippen molar-refractivity contribution in [2.24, 2.45) is 5.92 Å². The van der Waals surface area contributed by atoms with E-state index < -0.39 is 0 Å². The van der Waals surface area contributed by atoms with Gasteiger partial charge >= 0.3 is 0 Å². The maximum atomic E-state index is 12.5. The predicted octanol–water partition coefficient (Wildman–Crippen LogP) is 4.00. The number of nitrogens with one attached hydrogen (secondary N) is 2. The van der Waals surface area contributed by atoms with Crippen molar-refractivity contribution in [1.29, 1.82) is 0 Å². The average Bonchev–Trinajstić information content (AvgIpc) is 3.09. The van der Waals surface area contributed by atoms with Crippen molar-refractivity contribution >= 4 is 28.8 Å². The van der Waals surface area contributed by atoms with Crippen molar-refractivity contribution in [3.05, 3.63) is 57.2 Å². The highest BCUT2D eigenvalue weighted by molar-refractivity contribution is 7.10. The molecule has 0 unspecified atom stereocenters. The molecular weight excluding hydrogens is 328 g/mol. The first-order valence-corrected chi connectivity index (χ1v) is 9.27. The summed E-state index contributed by atoms with van der Waals surface area (Å²) < 4.78 is 0. The van der Waals surface area contributed by atoms with E-state index in [-0.39, 0.29) is 11.9 Å². The number of hydrogen-bond acceptors (Lipinski definition) is 3. The first-order valence-electron chi connectivity index (χ1n) is 8.01. The molecule has 3 nitrogen and oxygen atoms in total. The molecule has 0 aliphatic carbocycles. The molecule has 5 heteroatoms. The van der Waals surface area contributed by atoms with Gasteiger partial charge in [0, 0.05) is 16.3 Å². The summed E-state index contributed by atoms with van der Waals surface area (Å²) in [7, 11) is 0. The molecule has 1 amide bonds. The van der Waals surface area contributed by atoms with Crippen molar-refractivity contribution in [1.82, 2.24) is 10.6 Å². The second-order valence-corrected chi connectivity index (χ2v) is 7.38. The number of amides is 1. The summed E-state index contributed by atoms with van der Waals surface area (Å²) in [6.07, 6.45) is 2.77. The Morgan fingerprint density at radius 1 is 1.26 bits per heavy atom. The maximum absolute atomic E-state index is 12.5. The predicted molar refractivity (Wildman–Crippen MR) is 96.0 cm³/mol. The van der Waals surface area contributed by atoms with E-state index in [1.165, 1.54) is 0 Å². The molecule has 3 rings (SSSR count). The van der Waals surface area contributed by atoms with Crippen LogP contribution in [0.1, 0.15) is 35.7 Å². The van der Waals surface area contributed by atoms with Crippen LogP contribution in [0.4, 0.5) is 0 Å². The minimum atomic E-state index is -0.0958. The van der Waals surface area contributed by atoms with Gasteiger partial charge in [0.2, 0.25) is 5.91 Å². The van der Waals surface area contributed by atoms with Crippen LogP contribution in [0.3, 0.4) is 0 Å². The monoisotopic (exact) mass is 348 g/mol. The van der Waals surface area contributed by atoms with Gasteiger partial charge in [0.1, 0.15) is 0 Å². The van der Waals surface area contributed by atoms with Crippen LogP contribution >= 0.6 is 22.9 Å². The molecule has 1 aromatic heterocycles. The molecule has 0 spiro atoms. The summed E-state index contributed by atoms with van der Waals surface area (Å²) in [5.74, 6) is 0.621. The van der Waals surface area contributed by atoms with E-state index in [9.17, 15) is 4.79 Å². The van der Waals surface area contributed by atoms with Crippen molar-refractivity contribution in [2.45, 2.75) is 25.3 Å². The molecule has 0 bridgehead atoms. The van der Waals surface area contributed by atoms with Crippen molar-refractivity contribution in [3.8, 4) is 0 Å². The van der Waals surface area contributed by atoms with Crippen LogP contribution in [-0.4, -0.2) is 19.0 Å². The minimum Gasteiger partial charge on any atom is -0.344 e. The van der Waals surface area contributed by atoms with Gasteiger partial charge in [0.05, 0.1) is 6.04 Å². The highest BCUT2D eigenvalue weighted by atomic mass is 35.5. The van der Waals surface area contributed by atoms with Crippen LogP contribution in [0, 0.1) is 5.92 Å². The Labute approximate surface area is 146 Å². The van der Waals surface area contributed by atoms with Crippen molar-refractivity contribution in [3.63, 3.8) is 0 Å². The smallest absolute Gasteiger partial charge is 0.221 e. The van der Waals surface area contributed by atoms with Crippen LogP contribution in [0.15, 0.2) is 41.8 Å². The van der Waals surface area contributed by atoms with Gasteiger partial charge < -0.3 is 10.6 Å². The van der Waals surface area contributed by atoms with Gasteiger partial charge in [-0.1, -0.05) is 29.8 Å². The molecule has 2 aromatic rings. The van der Waals surface area contributed by atoms with E-state index in [1.54, 1.807) is 11.3 Å². The number of thiophene rings is 1. The summed E-state index contributed by atoms with van der Waals surface area (Å²) in [4.78, 5) is 13.6. The van der Waals surface area contributed by atoms with E-state index in [0.717, 1.165) is 36.4 Å². The lowest BCUT2D eigenvalue weighted by atomic mass is 9.94. The van der Waals surface area contributed by atoms with E-state index in [4.69, 9.17) is 11.6 Å². The third-order valence-electron chi connectivity index (χ3n) is 4.27. The molecular formula is C18H21ClN2OS. The Bertz CT molecular complexity index is 621. The zero-order valence-corrected chi connectivity index (χ0v) is 14.5. The molecule has 23 heavy (non-hydrogen) atoms. The van der Waals surface area contributed by atoms with E-state index in [1.807, 2.05) is 35.7 Å². The van der Waals surface area contributed by atoms with Crippen LogP contribution < -0.4 is 10.6 Å². The maximum Gasteiger partial charge on any atom is 0.221 e. The highest BCUT2D eigenvalue weighted by Gasteiger charge is 2.21. The molecule has 0 saturated carbocycles. The average molecular weight is 349 g/mol. The Balaban J connectivity index is 1.71. The van der Waals surface area contributed by atoms with Crippen LogP contribution in [-0.2, 0) is 4.79 Å². The molecule has 1 aliphatic heterocycles. The molecule has 1 aliphatic rings. The molecule has 0 radical (unpaired) electrons. The second kappa shape index (κ2) is 7.95. The van der Waals surface area contributed by atoms with E-state index in [2.05, 4.69) is 16.7 Å². The topological polar surface area (TPSA) is 41.1 Å². The largest absolute Gasteiger partial charge is 0.344 e. The van der Waals surface area contributed by atoms with Gasteiger partial charge in [0.15, 0.2) is 0 Å². The van der Waals surface area contributed by atoms with E-state index >= 15 is 0 Å². The van der Waals surface area contributed by atoms with Gasteiger partial charge in [-0.3, -0.25) is 4.79 Å². The molecule has 1 atom stereocenters. The van der Waals surface area contributed by atoms with Gasteiger partial charge in [-0.15, -0.1) is 11.3 Å². The summed E-state index contributed by atoms with van der Waals surface area (Å²) >= 11 is 7.65. The molecule has 1 fully saturated rings. The van der Waals surface area contributed by atoms with Gasteiger partial charge in [0.25, 0.3) is 0 Å². The number of piperidine rings is 1. The second-order valence-electron chi connectivity index (χ2n) is 5.96. The standard InChI is InChI=1S/C18H21ClN2OS/c19-15-5-3-14(4-6-15)18(16-2-1-11-23-16)21-17(22)12-13-7-9-20-10-8-13/h1-6,11,13,18,20H,7-10,12H2,(H,21,22)/t18-/m1/s1. The minimum absolute atomic E-state index is 0.0958. The number of benzene rings is 1. The van der Waals surface area contributed by atoms with Gasteiger partial charge in [-0.25, -0.2) is 0 Å². The van der Waals surface area contributed by atoms with Crippen LogP contribution in [0.25, 0.3) is 0 Å². The van der Waals surface area contributed by atoms with E-state index in [0.29, 0.717) is 17.4 Å². The SMILES string of the molecule is O=C(CC1CCNCC1)N[C@H](c1ccc(Cl)cc1)c1cccs1. The number of carbonyl (C=O) groups excluding carboxylic acids is 1. The molecule has 122 valence electrons. The summed E-state index contributed by atoms with van der Waals surface area (Å²) in [6.45, 7) is 2.03. The molecule has 1 saturated heterocycles. The third-order valence-corrected chi connectivity index (χ3v) is 5.46. The zero-order valence-electron chi connectivity index (χ0n) is 12.9. The quantitative estimate of drug-likeness (QED) is 0.857. The Kier molecular flexibility index (Phi) is 5.70. The van der Waals surface area contributed by atoms with Gasteiger partial charge in [-0.05, 0) is 61.0 Å². The number of carbonyl (C=O) groups is 1. The Hall–Kier alpha value is -1.36. The Morgan fingerprint density at radius 3 is 2.65 bits per heavy atom. The fourth-order valence-corrected chi connectivity index (χ4v) is 3.93. The molecule has 1 aromatic carbocycles. The summed E-state index contributed by atoms with van der Waals surface area (Å²) in [5.41, 5.74) is 1.07. The Morgan fingerprint density at radius 2 is 2.00 bits per heavy atom. The number of hydrogen-bond donors (Lipinski definition) is 2. The lowest BCUT2D eigenvalue weighted by molar-refractivity contribution is -0.122. The lowest BCUT2D eigenvalue weighted by Crippen LogP contribution is -2.34. The lowest BCUT2D eigenvalue weighted by Gasteiger charge is -2.24. The van der Waals surface area contributed by atoms with Crippen LogP contribution in [0.2, 0.25) is 5.02 Å². The van der Waals surface area contributed by atoms with Crippen molar-refractivity contribution in [2.75, 3.05) is 13.1 Å². The fourth-order valence-electron chi connectivity index (χ4n) is 3.00. The summed E-state index contributed by atoms with van der Waals surface area (Å²) in [6, 6.07) is 11.7. The molecule has 2 heterocycles. The van der Waals surface area contributed by atoms with Crippen molar-refractivity contribution < 1.29 is 4.79 Å². The number of rotatable bonds is 5.